The van der Waals surface area contributed by atoms with Crippen LogP contribution >= 0.6 is 0 Å². The van der Waals surface area contributed by atoms with Crippen LogP contribution in [0.3, 0.4) is 0 Å². The molecule has 0 saturated carbocycles. The van der Waals surface area contributed by atoms with E-state index in [9.17, 15) is 9.59 Å². The summed E-state index contributed by atoms with van der Waals surface area (Å²) < 4.78 is 15.8. The highest BCUT2D eigenvalue weighted by molar-refractivity contribution is 5.84. The van der Waals surface area contributed by atoms with Gasteiger partial charge in [0.05, 0.1) is 6.61 Å². The fourth-order valence-corrected chi connectivity index (χ4v) is 1.76. The monoisotopic (exact) mass is 280 g/mol. The molecule has 0 unspecified atom stereocenters. The Hall–Kier alpha value is -2.44. The van der Waals surface area contributed by atoms with Crippen molar-refractivity contribution in [2.45, 2.75) is 26.1 Å². The number of carbonyl (C=O) groups excluding carboxylic acids is 2. The average Bonchev–Trinajstić information content (AvgIpc) is 2.44. The van der Waals surface area contributed by atoms with Crippen molar-refractivity contribution in [3.05, 3.63) is 24.3 Å². The van der Waals surface area contributed by atoms with Crippen molar-refractivity contribution in [3.63, 3.8) is 0 Å². The number of hydrazine groups is 1. The van der Waals surface area contributed by atoms with E-state index < -0.39 is 24.2 Å². The second kappa shape index (κ2) is 6.14. The zero-order valence-corrected chi connectivity index (χ0v) is 11.2. The quantitative estimate of drug-likeness (QED) is 0.789. The van der Waals surface area contributed by atoms with Crippen LogP contribution in [0.5, 0.6) is 11.5 Å². The van der Waals surface area contributed by atoms with Crippen molar-refractivity contribution in [3.8, 4) is 11.5 Å². The van der Waals surface area contributed by atoms with Crippen molar-refractivity contribution in [1.82, 2.24) is 10.9 Å². The third-order valence-corrected chi connectivity index (χ3v) is 2.66. The Morgan fingerprint density at radius 2 is 1.85 bits per heavy atom. The van der Waals surface area contributed by atoms with Gasteiger partial charge in [0, 0.05) is 0 Å². The van der Waals surface area contributed by atoms with Gasteiger partial charge in [-0.1, -0.05) is 12.1 Å². The van der Waals surface area contributed by atoms with Crippen LogP contribution in [0.4, 0.5) is 4.79 Å². The van der Waals surface area contributed by atoms with Crippen LogP contribution in [0.15, 0.2) is 24.3 Å². The van der Waals surface area contributed by atoms with Crippen LogP contribution in [0.2, 0.25) is 0 Å². The number of hydrogen-bond donors (Lipinski definition) is 2. The number of ether oxygens (including phenoxy) is 3. The predicted molar refractivity (Wildman–Crippen MR) is 69.2 cm³/mol. The SMILES string of the molecule is CCOC(=O)NNC(=O)[C@H]1Oc2ccccc2O[C@@H]1C. The van der Waals surface area contributed by atoms with Crippen LogP contribution in [0.25, 0.3) is 0 Å². The number of amides is 2. The molecule has 0 aliphatic carbocycles. The van der Waals surface area contributed by atoms with Gasteiger partial charge in [-0.2, -0.15) is 0 Å². The van der Waals surface area contributed by atoms with Crippen molar-refractivity contribution in [2.24, 2.45) is 0 Å². The first-order valence-electron chi connectivity index (χ1n) is 6.26. The van der Waals surface area contributed by atoms with Crippen LogP contribution in [0, 0.1) is 0 Å². The maximum Gasteiger partial charge on any atom is 0.426 e. The molecule has 1 aromatic carbocycles. The molecule has 20 heavy (non-hydrogen) atoms. The predicted octanol–water partition coefficient (Wildman–Crippen LogP) is 0.992. The zero-order valence-electron chi connectivity index (χ0n) is 11.2. The van der Waals surface area contributed by atoms with Gasteiger partial charge in [0.1, 0.15) is 6.10 Å². The van der Waals surface area contributed by atoms with Gasteiger partial charge in [0.15, 0.2) is 11.5 Å². The highest BCUT2D eigenvalue weighted by atomic mass is 16.6. The lowest BCUT2D eigenvalue weighted by molar-refractivity contribution is -0.134. The first kappa shape index (κ1) is 14.0. The summed E-state index contributed by atoms with van der Waals surface area (Å²) in [4.78, 5) is 23.0. The minimum Gasteiger partial charge on any atom is -0.482 e. The van der Waals surface area contributed by atoms with Gasteiger partial charge in [0.25, 0.3) is 5.91 Å². The molecule has 2 N–H and O–H groups in total. The Morgan fingerprint density at radius 3 is 2.50 bits per heavy atom. The van der Waals surface area contributed by atoms with Gasteiger partial charge in [-0.25, -0.2) is 10.2 Å². The molecular weight excluding hydrogens is 264 g/mol. The summed E-state index contributed by atoms with van der Waals surface area (Å²) in [6, 6.07) is 7.07. The van der Waals surface area contributed by atoms with Gasteiger partial charge < -0.3 is 14.2 Å². The topological polar surface area (TPSA) is 85.9 Å². The molecule has 1 aliphatic rings. The molecule has 2 atom stereocenters. The van der Waals surface area contributed by atoms with Crippen molar-refractivity contribution < 1.29 is 23.8 Å². The van der Waals surface area contributed by atoms with Crippen LogP contribution in [-0.2, 0) is 9.53 Å². The average molecular weight is 280 g/mol. The molecule has 1 aromatic rings. The van der Waals surface area contributed by atoms with Gasteiger partial charge in [-0.3, -0.25) is 10.2 Å². The minimum absolute atomic E-state index is 0.217. The Bertz CT molecular complexity index is 505. The summed E-state index contributed by atoms with van der Waals surface area (Å²) in [5, 5.41) is 0. The van der Waals surface area contributed by atoms with E-state index in [1.807, 2.05) is 6.07 Å². The van der Waals surface area contributed by atoms with Crippen molar-refractivity contribution >= 4 is 12.0 Å². The lowest BCUT2D eigenvalue weighted by Crippen LogP contribution is -2.53. The molecule has 0 spiro atoms. The molecule has 0 bridgehead atoms. The number of rotatable bonds is 2. The summed E-state index contributed by atoms with van der Waals surface area (Å²) in [5.41, 5.74) is 4.36. The van der Waals surface area contributed by atoms with E-state index in [0.717, 1.165) is 0 Å². The molecule has 7 nitrogen and oxygen atoms in total. The Labute approximate surface area is 116 Å². The van der Waals surface area contributed by atoms with E-state index in [1.54, 1.807) is 32.0 Å². The maximum absolute atomic E-state index is 11.9. The fraction of sp³-hybridized carbons (Fsp3) is 0.385. The molecule has 0 aromatic heterocycles. The summed E-state index contributed by atoms with van der Waals surface area (Å²) in [5.74, 6) is 0.560. The number of carbonyl (C=O) groups is 2. The number of benzene rings is 1. The number of nitrogens with one attached hydrogen (secondary N) is 2. The van der Waals surface area contributed by atoms with Crippen molar-refractivity contribution in [1.29, 1.82) is 0 Å². The summed E-state index contributed by atoms with van der Waals surface area (Å²) in [6.07, 6.45) is -2.06. The van der Waals surface area contributed by atoms with E-state index in [4.69, 9.17) is 9.47 Å². The zero-order chi connectivity index (χ0) is 14.5. The first-order valence-corrected chi connectivity index (χ1v) is 6.26. The van der Waals surface area contributed by atoms with Gasteiger partial charge in [-0.15, -0.1) is 0 Å². The van der Waals surface area contributed by atoms with E-state index in [-0.39, 0.29) is 6.61 Å². The third kappa shape index (κ3) is 3.11. The molecule has 0 saturated heterocycles. The van der Waals surface area contributed by atoms with E-state index in [0.29, 0.717) is 11.5 Å². The first-order chi connectivity index (χ1) is 9.61. The molecule has 0 fully saturated rings. The normalized spacial score (nSPS) is 19.9. The molecular formula is C13H16N2O5. The summed E-state index contributed by atoms with van der Waals surface area (Å²) >= 11 is 0. The van der Waals surface area contributed by atoms with Crippen LogP contribution in [0.1, 0.15) is 13.8 Å². The molecule has 2 rings (SSSR count). The number of fused-ring (bicyclic) bond motifs is 1. The molecule has 1 aliphatic heterocycles. The highest BCUT2D eigenvalue weighted by Gasteiger charge is 2.34. The Morgan fingerprint density at radius 1 is 1.20 bits per heavy atom. The second-order valence-electron chi connectivity index (χ2n) is 4.14. The van der Waals surface area contributed by atoms with E-state index >= 15 is 0 Å². The molecule has 2 amide bonds. The van der Waals surface area contributed by atoms with E-state index in [2.05, 4.69) is 15.6 Å². The van der Waals surface area contributed by atoms with E-state index in [1.165, 1.54) is 0 Å². The molecule has 1 heterocycles. The maximum atomic E-state index is 11.9. The number of para-hydroxylation sites is 2. The second-order valence-corrected chi connectivity index (χ2v) is 4.14. The number of hydrogen-bond acceptors (Lipinski definition) is 5. The van der Waals surface area contributed by atoms with Gasteiger partial charge in [0.2, 0.25) is 6.10 Å². The Balaban J connectivity index is 1.96. The smallest absolute Gasteiger partial charge is 0.426 e. The minimum atomic E-state index is -0.855. The fourth-order valence-electron chi connectivity index (χ4n) is 1.76. The lowest BCUT2D eigenvalue weighted by Gasteiger charge is -2.30. The van der Waals surface area contributed by atoms with Crippen LogP contribution < -0.4 is 20.3 Å². The summed E-state index contributed by atoms with van der Waals surface area (Å²) in [6.45, 7) is 3.59. The Kier molecular flexibility index (Phi) is 4.29. The van der Waals surface area contributed by atoms with Crippen LogP contribution in [-0.4, -0.2) is 30.8 Å². The standard InChI is InChI=1S/C13H16N2O5/c1-3-18-13(17)15-14-12(16)11-8(2)19-9-6-4-5-7-10(9)20-11/h4-8,11H,3H2,1-2H3,(H,14,16)(H,15,17)/t8-,11+/m1/s1. The lowest BCUT2D eigenvalue weighted by atomic mass is 10.1. The summed E-state index contributed by atoms with van der Waals surface area (Å²) in [7, 11) is 0. The molecule has 7 heteroatoms. The third-order valence-electron chi connectivity index (χ3n) is 2.66. The van der Waals surface area contributed by atoms with Gasteiger partial charge >= 0.3 is 6.09 Å². The van der Waals surface area contributed by atoms with Gasteiger partial charge in [-0.05, 0) is 26.0 Å². The highest BCUT2D eigenvalue weighted by Crippen LogP contribution is 2.33. The van der Waals surface area contributed by atoms with Crippen molar-refractivity contribution in [2.75, 3.05) is 6.61 Å². The molecule has 108 valence electrons. The molecule has 0 radical (unpaired) electrons. The largest absolute Gasteiger partial charge is 0.482 e.